The molecule has 0 bridgehead atoms. The van der Waals surface area contributed by atoms with Gasteiger partial charge in [0, 0.05) is 18.2 Å². The van der Waals surface area contributed by atoms with E-state index in [-0.39, 0.29) is 5.41 Å². The van der Waals surface area contributed by atoms with E-state index in [2.05, 4.69) is 56.8 Å². The van der Waals surface area contributed by atoms with Gasteiger partial charge in [-0.1, -0.05) is 34.6 Å². The van der Waals surface area contributed by atoms with E-state index in [1.165, 1.54) is 5.56 Å². The van der Waals surface area contributed by atoms with Crippen molar-refractivity contribution in [3.63, 3.8) is 0 Å². The Kier molecular flexibility index (Phi) is 3.56. The second kappa shape index (κ2) is 4.40. The smallest absolute Gasteiger partial charge is 0.222 e. The van der Waals surface area contributed by atoms with Crippen molar-refractivity contribution in [2.24, 2.45) is 0 Å². The maximum Gasteiger partial charge on any atom is 0.222 e. The zero-order valence-corrected chi connectivity index (χ0v) is 11.5. The molecule has 3 heteroatoms. The first-order chi connectivity index (χ1) is 7.27. The lowest BCUT2D eigenvalue weighted by Crippen LogP contribution is -2.20. The van der Waals surface area contributed by atoms with E-state index < -0.39 is 0 Å². The van der Waals surface area contributed by atoms with Crippen LogP contribution in [0.3, 0.4) is 0 Å². The molecule has 90 valence electrons. The summed E-state index contributed by atoms with van der Waals surface area (Å²) in [6.07, 6.45) is 0. The van der Waals surface area contributed by atoms with Crippen molar-refractivity contribution >= 4 is 5.95 Å². The molecule has 1 N–H and O–H groups in total. The second-order valence-electron chi connectivity index (χ2n) is 5.55. The largest absolute Gasteiger partial charge is 0.357 e. The van der Waals surface area contributed by atoms with Crippen LogP contribution in [-0.4, -0.2) is 17.0 Å². The Labute approximate surface area is 98.7 Å². The minimum Gasteiger partial charge on any atom is -0.357 e. The summed E-state index contributed by atoms with van der Waals surface area (Å²) in [4.78, 5) is 9.09. The molecule has 1 aromatic heterocycles. The van der Waals surface area contributed by atoms with E-state index >= 15 is 0 Å². The number of rotatable bonds is 2. The molecule has 0 unspecified atom stereocenters. The minimum atomic E-state index is 0.0545. The third-order valence-corrected chi connectivity index (χ3v) is 2.65. The fourth-order valence-corrected chi connectivity index (χ4v) is 1.96. The van der Waals surface area contributed by atoms with Gasteiger partial charge in [-0.25, -0.2) is 9.97 Å². The molecule has 3 nitrogen and oxygen atoms in total. The maximum absolute atomic E-state index is 4.62. The topological polar surface area (TPSA) is 37.8 Å². The molecule has 0 saturated heterocycles. The average Bonchev–Trinajstić information content (AvgIpc) is 2.14. The first-order valence-corrected chi connectivity index (χ1v) is 5.84. The Morgan fingerprint density at radius 1 is 1.12 bits per heavy atom. The van der Waals surface area contributed by atoms with Crippen molar-refractivity contribution < 1.29 is 0 Å². The lowest BCUT2D eigenvalue weighted by Gasteiger charge is -2.25. The summed E-state index contributed by atoms with van der Waals surface area (Å²) in [7, 11) is 1.86. The van der Waals surface area contributed by atoms with Crippen molar-refractivity contribution in [1.29, 1.82) is 0 Å². The van der Waals surface area contributed by atoms with Gasteiger partial charge in [-0.2, -0.15) is 0 Å². The van der Waals surface area contributed by atoms with Gasteiger partial charge in [0.15, 0.2) is 0 Å². The van der Waals surface area contributed by atoms with Gasteiger partial charge in [0.1, 0.15) is 0 Å². The van der Waals surface area contributed by atoms with Gasteiger partial charge in [-0.3, -0.25) is 0 Å². The maximum atomic E-state index is 4.62. The first kappa shape index (κ1) is 12.9. The number of hydrogen-bond donors (Lipinski definition) is 1. The molecule has 16 heavy (non-hydrogen) atoms. The van der Waals surface area contributed by atoms with Crippen LogP contribution in [0.1, 0.15) is 57.5 Å². The number of nitrogens with zero attached hydrogens (tertiary/aromatic N) is 2. The van der Waals surface area contributed by atoms with Gasteiger partial charge in [-0.05, 0) is 18.4 Å². The molecular weight excluding hydrogens is 198 g/mol. The molecule has 0 aliphatic heterocycles. The monoisotopic (exact) mass is 221 g/mol. The van der Waals surface area contributed by atoms with Crippen molar-refractivity contribution in [3.8, 4) is 0 Å². The van der Waals surface area contributed by atoms with Crippen LogP contribution < -0.4 is 5.32 Å². The second-order valence-corrected chi connectivity index (χ2v) is 5.55. The summed E-state index contributed by atoms with van der Waals surface area (Å²) >= 11 is 0. The van der Waals surface area contributed by atoms with Crippen LogP contribution in [0.25, 0.3) is 0 Å². The molecule has 1 heterocycles. The highest BCUT2D eigenvalue weighted by Crippen LogP contribution is 2.31. The van der Waals surface area contributed by atoms with Crippen LogP contribution in [-0.2, 0) is 5.41 Å². The summed E-state index contributed by atoms with van der Waals surface area (Å²) < 4.78 is 0. The van der Waals surface area contributed by atoms with E-state index in [9.17, 15) is 0 Å². The van der Waals surface area contributed by atoms with Crippen LogP contribution in [0.5, 0.6) is 0 Å². The van der Waals surface area contributed by atoms with Crippen molar-refractivity contribution in [1.82, 2.24) is 9.97 Å². The zero-order valence-electron chi connectivity index (χ0n) is 11.5. The van der Waals surface area contributed by atoms with Gasteiger partial charge in [0.05, 0.1) is 5.69 Å². The van der Waals surface area contributed by atoms with Gasteiger partial charge in [0.25, 0.3) is 0 Å². The molecule has 0 fully saturated rings. The molecule has 0 aliphatic carbocycles. The van der Waals surface area contributed by atoms with Crippen molar-refractivity contribution in [3.05, 3.63) is 17.0 Å². The quantitative estimate of drug-likeness (QED) is 0.833. The normalized spacial score (nSPS) is 12.0. The molecule has 0 aromatic carbocycles. The fraction of sp³-hybridized carbons (Fsp3) is 0.692. The first-order valence-electron chi connectivity index (χ1n) is 5.84. The number of hydrogen-bond acceptors (Lipinski definition) is 3. The van der Waals surface area contributed by atoms with Gasteiger partial charge < -0.3 is 5.32 Å². The van der Waals surface area contributed by atoms with Crippen molar-refractivity contribution in [2.75, 3.05) is 12.4 Å². The molecule has 1 aromatic rings. The molecule has 1 rings (SSSR count). The molecule has 0 spiro atoms. The highest BCUT2D eigenvalue weighted by Gasteiger charge is 2.24. The van der Waals surface area contributed by atoms with Gasteiger partial charge in [-0.15, -0.1) is 0 Å². The van der Waals surface area contributed by atoms with Crippen LogP contribution >= 0.6 is 0 Å². The Morgan fingerprint density at radius 3 is 2.06 bits per heavy atom. The summed E-state index contributed by atoms with van der Waals surface area (Å²) in [6, 6.07) is 0. The molecular formula is C13H23N3. The van der Waals surface area contributed by atoms with E-state index in [1.54, 1.807) is 0 Å². The standard InChI is InChI=1S/C13H23N3/c1-8(2)10-9(3)15-12(14-7)16-11(10)13(4,5)6/h8H,1-7H3,(H,14,15,16). The summed E-state index contributed by atoms with van der Waals surface area (Å²) in [5, 5.41) is 3.02. The van der Waals surface area contributed by atoms with Gasteiger partial charge >= 0.3 is 0 Å². The lowest BCUT2D eigenvalue weighted by atomic mass is 9.84. The summed E-state index contributed by atoms with van der Waals surface area (Å²) in [5.74, 6) is 1.17. The molecule has 0 radical (unpaired) electrons. The Balaban J connectivity index is 3.47. The van der Waals surface area contributed by atoms with E-state index in [1.807, 2.05) is 7.05 Å². The van der Waals surface area contributed by atoms with Crippen LogP contribution in [0, 0.1) is 6.92 Å². The zero-order chi connectivity index (χ0) is 12.5. The number of anilines is 1. The Hall–Kier alpha value is -1.12. The number of nitrogens with one attached hydrogen (secondary N) is 1. The third-order valence-electron chi connectivity index (χ3n) is 2.65. The van der Waals surface area contributed by atoms with E-state index in [0.717, 1.165) is 11.4 Å². The fourth-order valence-electron chi connectivity index (χ4n) is 1.96. The SMILES string of the molecule is CNc1nc(C)c(C(C)C)c(C(C)(C)C)n1. The third kappa shape index (κ3) is 2.52. The average molecular weight is 221 g/mol. The molecule has 0 amide bonds. The van der Waals surface area contributed by atoms with E-state index in [0.29, 0.717) is 11.9 Å². The lowest BCUT2D eigenvalue weighted by molar-refractivity contribution is 0.551. The van der Waals surface area contributed by atoms with Crippen LogP contribution in [0.15, 0.2) is 0 Å². The predicted molar refractivity (Wildman–Crippen MR) is 69.1 cm³/mol. The molecule has 0 aliphatic rings. The Morgan fingerprint density at radius 2 is 1.69 bits per heavy atom. The minimum absolute atomic E-state index is 0.0545. The summed E-state index contributed by atoms with van der Waals surface area (Å²) in [5.41, 5.74) is 3.57. The van der Waals surface area contributed by atoms with Crippen molar-refractivity contribution in [2.45, 2.75) is 52.9 Å². The highest BCUT2D eigenvalue weighted by atomic mass is 15.1. The molecule has 0 saturated carbocycles. The van der Waals surface area contributed by atoms with E-state index in [4.69, 9.17) is 0 Å². The summed E-state index contributed by atoms with van der Waals surface area (Å²) in [6.45, 7) is 13.0. The van der Waals surface area contributed by atoms with Crippen LogP contribution in [0.2, 0.25) is 0 Å². The van der Waals surface area contributed by atoms with Gasteiger partial charge in [0.2, 0.25) is 5.95 Å². The highest BCUT2D eigenvalue weighted by molar-refractivity contribution is 5.38. The number of aromatic nitrogens is 2. The number of aryl methyl sites for hydroxylation is 1. The van der Waals surface area contributed by atoms with Crippen LogP contribution in [0.4, 0.5) is 5.95 Å². The predicted octanol–water partition coefficient (Wildman–Crippen LogP) is 3.25. The molecule has 0 atom stereocenters. The Bertz CT molecular complexity index is 375.